The van der Waals surface area contributed by atoms with Crippen LogP contribution in [0.3, 0.4) is 0 Å². The molecule has 0 bridgehead atoms. The first-order valence-electron chi connectivity index (χ1n) is 3.96. The van der Waals surface area contributed by atoms with E-state index in [0.29, 0.717) is 6.54 Å². The number of thioether (sulfide) groups is 2. The van der Waals surface area contributed by atoms with E-state index in [1.807, 2.05) is 18.6 Å². The van der Waals surface area contributed by atoms with Crippen LogP contribution in [0.25, 0.3) is 0 Å². The van der Waals surface area contributed by atoms with Gasteiger partial charge >= 0.3 is 0 Å². The van der Waals surface area contributed by atoms with Gasteiger partial charge in [0.2, 0.25) is 0 Å². The van der Waals surface area contributed by atoms with E-state index in [1.165, 1.54) is 0 Å². The van der Waals surface area contributed by atoms with Gasteiger partial charge in [0.25, 0.3) is 0 Å². The molecule has 1 heterocycles. The van der Waals surface area contributed by atoms with Crippen LogP contribution in [0.4, 0.5) is 0 Å². The lowest BCUT2D eigenvalue weighted by Gasteiger charge is -2.03. The van der Waals surface area contributed by atoms with E-state index in [2.05, 4.69) is 9.97 Å². The van der Waals surface area contributed by atoms with E-state index in [4.69, 9.17) is 5.73 Å². The Bertz CT molecular complexity index is 256. The molecule has 5 heteroatoms. The smallest absolute Gasteiger partial charge is 0.188 e. The second-order valence-corrected chi connectivity index (χ2v) is 4.03. The molecule has 0 saturated carbocycles. The number of hydrogen-bond donors (Lipinski definition) is 1. The van der Waals surface area contributed by atoms with Crippen LogP contribution >= 0.6 is 23.5 Å². The SMILES string of the molecule is CSc1cc(CCN)nc(SC)n1. The molecule has 0 fully saturated rings. The van der Waals surface area contributed by atoms with Gasteiger partial charge in [0.15, 0.2) is 5.16 Å². The van der Waals surface area contributed by atoms with E-state index in [0.717, 1.165) is 22.3 Å². The molecular weight excluding hydrogens is 202 g/mol. The number of nitrogens with two attached hydrogens (primary N) is 1. The summed E-state index contributed by atoms with van der Waals surface area (Å²) in [6.07, 6.45) is 4.81. The van der Waals surface area contributed by atoms with Crippen LogP contribution in [-0.2, 0) is 6.42 Å². The molecule has 0 unspecified atom stereocenters. The molecule has 2 N–H and O–H groups in total. The minimum atomic E-state index is 0.638. The maximum absolute atomic E-state index is 5.47. The number of rotatable bonds is 4. The Hall–Kier alpha value is -0.260. The van der Waals surface area contributed by atoms with Crippen molar-refractivity contribution >= 4 is 23.5 Å². The summed E-state index contributed by atoms with van der Waals surface area (Å²) in [5.74, 6) is 0. The quantitative estimate of drug-likeness (QED) is 0.468. The topological polar surface area (TPSA) is 51.8 Å². The van der Waals surface area contributed by atoms with Gasteiger partial charge in [-0.25, -0.2) is 9.97 Å². The van der Waals surface area contributed by atoms with Gasteiger partial charge in [-0.3, -0.25) is 0 Å². The first kappa shape index (κ1) is 10.8. The van der Waals surface area contributed by atoms with Crippen molar-refractivity contribution in [3.05, 3.63) is 11.8 Å². The molecule has 1 rings (SSSR count). The Kier molecular flexibility index (Phi) is 4.55. The lowest BCUT2D eigenvalue weighted by molar-refractivity contribution is 0.813. The third-order valence-electron chi connectivity index (χ3n) is 1.53. The summed E-state index contributed by atoms with van der Waals surface area (Å²) in [6, 6.07) is 2.00. The monoisotopic (exact) mass is 215 g/mol. The first-order valence-corrected chi connectivity index (χ1v) is 6.41. The van der Waals surface area contributed by atoms with E-state index in [9.17, 15) is 0 Å². The van der Waals surface area contributed by atoms with E-state index in [-0.39, 0.29) is 0 Å². The van der Waals surface area contributed by atoms with Gasteiger partial charge in [-0.2, -0.15) is 0 Å². The highest BCUT2D eigenvalue weighted by Gasteiger charge is 2.02. The van der Waals surface area contributed by atoms with Crippen molar-refractivity contribution in [3.63, 3.8) is 0 Å². The highest BCUT2D eigenvalue weighted by molar-refractivity contribution is 7.99. The average Bonchev–Trinajstić information content (AvgIpc) is 2.17. The molecule has 3 nitrogen and oxygen atoms in total. The highest BCUT2D eigenvalue weighted by atomic mass is 32.2. The second-order valence-electron chi connectivity index (χ2n) is 2.43. The van der Waals surface area contributed by atoms with Gasteiger partial charge in [0.1, 0.15) is 5.03 Å². The summed E-state index contributed by atoms with van der Waals surface area (Å²) in [5.41, 5.74) is 6.50. The highest BCUT2D eigenvalue weighted by Crippen LogP contribution is 2.17. The minimum absolute atomic E-state index is 0.638. The van der Waals surface area contributed by atoms with Crippen LogP contribution in [0.5, 0.6) is 0 Å². The van der Waals surface area contributed by atoms with Crippen molar-refractivity contribution in [3.8, 4) is 0 Å². The summed E-state index contributed by atoms with van der Waals surface area (Å²) in [5, 5.41) is 1.85. The molecule has 0 atom stereocenters. The summed E-state index contributed by atoms with van der Waals surface area (Å²) in [6.45, 7) is 0.638. The van der Waals surface area contributed by atoms with E-state index in [1.54, 1.807) is 23.5 Å². The third-order valence-corrected chi connectivity index (χ3v) is 2.70. The molecule has 0 saturated heterocycles. The molecule has 72 valence electrons. The number of aromatic nitrogens is 2. The summed E-state index contributed by atoms with van der Waals surface area (Å²) in [7, 11) is 0. The van der Waals surface area contributed by atoms with Crippen LogP contribution in [-0.4, -0.2) is 29.0 Å². The van der Waals surface area contributed by atoms with Gasteiger partial charge in [-0.05, 0) is 25.1 Å². The normalized spacial score (nSPS) is 10.4. The van der Waals surface area contributed by atoms with Gasteiger partial charge in [-0.1, -0.05) is 11.8 Å². The Labute approximate surface area is 86.9 Å². The Balaban J connectivity index is 2.93. The van der Waals surface area contributed by atoms with Crippen LogP contribution < -0.4 is 5.73 Å². The van der Waals surface area contributed by atoms with Gasteiger partial charge in [-0.15, -0.1) is 11.8 Å². The Morgan fingerprint density at radius 2 is 2.08 bits per heavy atom. The third kappa shape index (κ3) is 3.17. The molecule has 0 radical (unpaired) electrons. The molecular formula is C8H13N3S2. The summed E-state index contributed by atoms with van der Waals surface area (Å²) < 4.78 is 0. The molecule has 1 aromatic heterocycles. The summed E-state index contributed by atoms with van der Waals surface area (Å²) in [4.78, 5) is 8.67. The molecule has 13 heavy (non-hydrogen) atoms. The standard InChI is InChI=1S/C8H13N3S2/c1-12-7-5-6(3-4-9)10-8(11-7)13-2/h5H,3-4,9H2,1-2H3. The van der Waals surface area contributed by atoms with Crippen molar-refractivity contribution in [2.24, 2.45) is 5.73 Å². The van der Waals surface area contributed by atoms with Gasteiger partial charge in [0, 0.05) is 12.1 Å². The Morgan fingerprint density at radius 1 is 1.31 bits per heavy atom. The predicted molar refractivity (Wildman–Crippen MR) is 58.4 cm³/mol. The van der Waals surface area contributed by atoms with Crippen molar-refractivity contribution in [1.29, 1.82) is 0 Å². The largest absolute Gasteiger partial charge is 0.330 e. The van der Waals surface area contributed by atoms with Gasteiger partial charge in [0.05, 0.1) is 0 Å². The molecule has 0 aliphatic carbocycles. The van der Waals surface area contributed by atoms with E-state index < -0.39 is 0 Å². The molecule has 1 aromatic rings. The zero-order valence-electron chi connectivity index (χ0n) is 7.78. The fraction of sp³-hybridized carbons (Fsp3) is 0.500. The maximum atomic E-state index is 5.47. The Morgan fingerprint density at radius 3 is 2.62 bits per heavy atom. The number of nitrogens with zero attached hydrogens (tertiary/aromatic N) is 2. The predicted octanol–water partition coefficient (Wildman–Crippen LogP) is 1.42. The fourth-order valence-corrected chi connectivity index (χ4v) is 1.81. The van der Waals surface area contributed by atoms with Crippen LogP contribution in [0.15, 0.2) is 16.2 Å². The minimum Gasteiger partial charge on any atom is -0.330 e. The van der Waals surface area contributed by atoms with Crippen molar-refractivity contribution < 1.29 is 0 Å². The van der Waals surface area contributed by atoms with E-state index >= 15 is 0 Å². The molecule has 0 amide bonds. The van der Waals surface area contributed by atoms with Gasteiger partial charge < -0.3 is 5.73 Å². The molecule has 0 aliphatic rings. The molecule has 0 spiro atoms. The number of hydrogen-bond acceptors (Lipinski definition) is 5. The first-order chi connectivity index (χ1) is 6.30. The zero-order valence-corrected chi connectivity index (χ0v) is 9.41. The molecule has 0 aliphatic heterocycles. The van der Waals surface area contributed by atoms with Crippen LogP contribution in [0.2, 0.25) is 0 Å². The van der Waals surface area contributed by atoms with Crippen molar-refractivity contribution in [2.75, 3.05) is 19.1 Å². The average molecular weight is 215 g/mol. The zero-order chi connectivity index (χ0) is 9.68. The maximum Gasteiger partial charge on any atom is 0.188 e. The lowest BCUT2D eigenvalue weighted by Crippen LogP contribution is -2.05. The second kappa shape index (κ2) is 5.47. The van der Waals surface area contributed by atoms with Crippen molar-refractivity contribution in [2.45, 2.75) is 16.6 Å². The van der Waals surface area contributed by atoms with Crippen LogP contribution in [0, 0.1) is 0 Å². The fourth-order valence-electron chi connectivity index (χ4n) is 0.921. The summed E-state index contributed by atoms with van der Waals surface area (Å²) >= 11 is 3.20. The van der Waals surface area contributed by atoms with Crippen molar-refractivity contribution in [1.82, 2.24) is 9.97 Å². The van der Waals surface area contributed by atoms with Crippen LogP contribution in [0.1, 0.15) is 5.69 Å². The molecule has 0 aromatic carbocycles. The lowest BCUT2D eigenvalue weighted by atomic mass is 10.3.